The Hall–Kier alpha value is -2.90. The fourth-order valence-corrected chi connectivity index (χ4v) is 4.81. The monoisotopic (exact) mass is 409 g/mol. The Morgan fingerprint density at radius 3 is 2.46 bits per heavy atom. The van der Waals surface area contributed by atoms with Crippen LogP contribution in [0.5, 0.6) is 0 Å². The van der Waals surface area contributed by atoms with E-state index in [0.717, 1.165) is 21.7 Å². The molecular weight excluding hydrogens is 393 g/mol. The maximum atomic E-state index is 13.2. The molecule has 140 valence electrons. The Bertz CT molecular complexity index is 1230. The van der Waals surface area contributed by atoms with E-state index in [4.69, 9.17) is 0 Å². The molecule has 4 nitrogen and oxygen atoms in total. The van der Waals surface area contributed by atoms with Crippen molar-refractivity contribution in [1.29, 1.82) is 0 Å². The molecule has 28 heavy (non-hydrogen) atoms. The van der Waals surface area contributed by atoms with E-state index in [9.17, 15) is 8.60 Å². The fraction of sp³-hybridized carbons (Fsp3) is 0.0476. The van der Waals surface area contributed by atoms with Crippen LogP contribution >= 0.6 is 11.3 Å². The average molecular weight is 410 g/mol. The number of hydrogen-bond donors (Lipinski definition) is 0. The zero-order valence-electron chi connectivity index (χ0n) is 14.9. The predicted octanol–water partition coefficient (Wildman–Crippen LogP) is 5.80. The molecule has 7 heteroatoms. The van der Waals surface area contributed by atoms with Crippen molar-refractivity contribution in [3.05, 3.63) is 84.3 Å². The number of hydrogen-bond acceptors (Lipinski definition) is 5. The lowest BCUT2D eigenvalue weighted by molar-refractivity contribution is 0.628. The molecule has 0 saturated carbocycles. The molecule has 1 atom stereocenters. The van der Waals surface area contributed by atoms with Crippen molar-refractivity contribution in [2.75, 3.05) is 6.26 Å². The van der Waals surface area contributed by atoms with Gasteiger partial charge in [0.1, 0.15) is 5.82 Å². The molecule has 1 unspecified atom stereocenters. The first kappa shape index (κ1) is 18.5. The van der Waals surface area contributed by atoms with E-state index in [0.29, 0.717) is 10.7 Å². The number of thiazole rings is 1. The largest absolute Gasteiger partial charge is 0.245 e. The highest BCUT2D eigenvalue weighted by Gasteiger charge is 2.13. The molecule has 0 radical (unpaired) electrons. The first-order valence-electron chi connectivity index (χ1n) is 8.46. The van der Waals surface area contributed by atoms with Crippen molar-refractivity contribution in [2.45, 2.75) is 4.90 Å². The Balaban J connectivity index is 1.75. The molecule has 0 aliphatic carbocycles. The third-order valence-corrected chi connectivity index (χ3v) is 6.70. The van der Waals surface area contributed by atoms with Gasteiger partial charge in [-0.25, -0.2) is 18.6 Å². The van der Waals surface area contributed by atoms with E-state index in [1.807, 2.05) is 24.3 Å². The van der Waals surface area contributed by atoms with Crippen LogP contribution in [0.3, 0.4) is 0 Å². The van der Waals surface area contributed by atoms with Crippen LogP contribution in [0.15, 0.2) is 87.7 Å². The van der Waals surface area contributed by atoms with Crippen LogP contribution in [0, 0.1) is 5.82 Å². The molecule has 2 aromatic carbocycles. The van der Waals surface area contributed by atoms with Crippen LogP contribution in [0.4, 0.5) is 10.2 Å². The highest BCUT2D eigenvalue weighted by molar-refractivity contribution is 7.93. The van der Waals surface area contributed by atoms with Gasteiger partial charge in [-0.05, 0) is 54.1 Å². The van der Waals surface area contributed by atoms with Crippen molar-refractivity contribution in [3.8, 4) is 21.7 Å². The zero-order valence-corrected chi connectivity index (χ0v) is 16.6. The molecule has 0 aliphatic heterocycles. The van der Waals surface area contributed by atoms with Crippen LogP contribution in [-0.4, -0.2) is 20.4 Å². The molecule has 0 N–H and O–H groups in total. The number of pyridine rings is 1. The number of aromatic nitrogens is 2. The van der Waals surface area contributed by atoms with Crippen LogP contribution in [-0.2, 0) is 9.73 Å². The molecule has 0 saturated heterocycles. The summed E-state index contributed by atoms with van der Waals surface area (Å²) < 4.78 is 30.7. The minimum absolute atomic E-state index is 0.288. The summed E-state index contributed by atoms with van der Waals surface area (Å²) in [5.74, 6) is 0.108. The van der Waals surface area contributed by atoms with E-state index in [1.165, 1.54) is 23.5 Å². The average Bonchev–Trinajstić information content (AvgIpc) is 3.19. The van der Waals surface area contributed by atoms with Crippen LogP contribution < -0.4 is 0 Å². The van der Waals surface area contributed by atoms with Gasteiger partial charge in [-0.1, -0.05) is 18.2 Å². The third-order valence-electron chi connectivity index (χ3n) is 4.14. The second-order valence-corrected chi connectivity index (χ2v) is 9.26. The molecule has 0 amide bonds. The maximum absolute atomic E-state index is 13.2. The van der Waals surface area contributed by atoms with E-state index in [1.54, 1.807) is 48.3 Å². The van der Waals surface area contributed by atoms with Gasteiger partial charge in [0.2, 0.25) is 0 Å². The van der Waals surface area contributed by atoms with Crippen molar-refractivity contribution >= 4 is 26.9 Å². The molecule has 2 heterocycles. The van der Waals surface area contributed by atoms with Gasteiger partial charge >= 0.3 is 0 Å². The van der Waals surface area contributed by atoms with Crippen molar-refractivity contribution < 1.29 is 8.60 Å². The molecular formula is C21H16FN3OS2. The quantitative estimate of drug-likeness (QED) is 0.428. The Morgan fingerprint density at radius 1 is 0.964 bits per heavy atom. The number of rotatable bonds is 4. The van der Waals surface area contributed by atoms with E-state index >= 15 is 0 Å². The lowest BCUT2D eigenvalue weighted by Crippen LogP contribution is -1.96. The number of nitrogens with zero attached hydrogens (tertiary/aromatic N) is 3. The summed E-state index contributed by atoms with van der Waals surface area (Å²) in [6.07, 6.45) is 3.25. The van der Waals surface area contributed by atoms with Gasteiger partial charge in [-0.15, -0.1) is 11.3 Å². The summed E-state index contributed by atoms with van der Waals surface area (Å²) >= 11 is 1.48. The van der Waals surface area contributed by atoms with Gasteiger partial charge in [-0.2, -0.15) is 4.36 Å². The van der Waals surface area contributed by atoms with Crippen LogP contribution in [0.2, 0.25) is 0 Å². The van der Waals surface area contributed by atoms with Crippen LogP contribution in [0.1, 0.15) is 0 Å². The third kappa shape index (κ3) is 3.85. The Morgan fingerprint density at radius 2 is 1.71 bits per heavy atom. The standard InChI is InChI=1S/C21H16FN3OS2/c1-28(26,18-5-3-2-4-6-18)25-19-13-16(11-12-23-19)21-20(24-14-27-21)15-7-9-17(22)10-8-15/h2-14H,1H3. The fourth-order valence-electron chi connectivity index (χ4n) is 2.78. The van der Waals surface area contributed by atoms with Gasteiger partial charge in [0.15, 0.2) is 5.82 Å². The van der Waals surface area contributed by atoms with Crippen molar-refractivity contribution in [2.24, 2.45) is 4.36 Å². The van der Waals surface area contributed by atoms with E-state index < -0.39 is 9.73 Å². The zero-order chi connectivity index (χ0) is 19.6. The molecule has 4 aromatic rings. The Labute approximate surface area is 166 Å². The smallest absolute Gasteiger partial charge is 0.162 e. The summed E-state index contributed by atoms with van der Waals surface area (Å²) in [7, 11) is -2.61. The van der Waals surface area contributed by atoms with Crippen LogP contribution in [0.25, 0.3) is 21.7 Å². The first-order valence-corrected chi connectivity index (χ1v) is 11.3. The Kier molecular flexibility index (Phi) is 5.02. The van der Waals surface area contributed by atoms with Gasteiger partial charge in [0.25, 0.3) is 0 Å². The second kappa shape index (κ2) is 7.61. The number of halogens is 1. The summed E-state index contributed by atoms with van der Waals surface area (Å²) in [4.78, 5) is 10.3. The van der Waals surface area contributed by atoms with E-state index in [-0.39, 0.29) is 5.82 Å². The second-order valence-electron chi connectivity index (χ2n) is 6.15. The minimum atomic E-state index is -2.61. The summed E-state index contributed by atoms with van der Waals surface area (Å²) in [5.41, 5.74) is 4.22. The molecule has 0 spiro atoms. The lowest BCUT2D eigenvalue weighted by atomic mass is 10.1. The van der Waals surface area contributed by atoms with Gasteiger partial charge in [-0.3, -0.25) is 0 Å². The molecule has 2 aromatic heterocycles. The summed E-state index contributed by atoms with van der Waals surface area (Å²) in [6, 6.07) is 19.0. The maximum Gasteiger partial charge on any atom is 0.162 e. The topological polar surface area (TPSA) is 55.2 Å². The summed E-state index contributed by atoms with van der Waals surface area (Å²) in [5, 5.41) is 0. The SMILES string of the molecule is CS(=O)(=Nc1cc(-c2scnc2-c2ccc(F)cc2)ccn1)c1ccccc1. The summed E-state index contributed by atoms with van der Waals surface area (Å²) in [6.45, 7) is 0. The normalized spacial score (nSPS) is 13.1. The van der Waals surface area contributed by atoms with Gasteiger partial charge in [0.05, 0.1) is 25.8 Å². The van der Waals surface area contributed by atoms with Crippen molar-refractivity contribution in [1.82, 2.24) is 9.97 Å². The highest BCUT2D eigenvalue weighted by Crippen LogP contribution is 2.35. The molecule has 4 rings (SSSR count). The molecule has 0 bridgehead atoms. The van der Waals surface area contributed by atoms with Crippen molar-refractivity contribution in [3.63, 3.8) is 0 Å². The van der Waals surface area contributed by atoms with Gasteiger partial charge < -0.3 is 0 Å². The first-order chi connectivity index (χ1) is 13.5. The molecule has 0 fully saturated rings. The van der Waals surface area contributed by atoms with E-state index in [2.05, 4.69) is 14.3 Å². The predicted molar refractivity (Wildman–Crippen MR) is 112 cm³/mol. The lowest BCUT2D eigenvalue weighted by Gasteiger charge is -2.06. The number of benzene rings is 2. The van der Waals surface area contributed by atoms with Gasteiger partial charge in [0, 0.05) is 22.9 Å². The highest BCUT2D eigenvalue weighted by atomic mass is 32.2. The molecule has 0 aliphatic rings. The minimum Gasteiger partial charge on any atom is -0.245 e.